The first kappa shape index (κ1) is 21.2. The molecule has 0 aliphatic carbocycles. The Morgan fingerprint density at radius 3 is 2.41 bits per heavy atom. The Morgan fingerprint density at radius 1 is 1.07 bits per heavy atom. The van der Waals surface area contributed by atoms with Crippen LogP contribution in [0.25, 0.3) is 10.2 Å². The van der Waals surface area contributed by atoms with Gasteiger partial charge in [-0.1, -0.05) is 23.5 Å². The Morgan fingerprint density at radius 2 is 1.78 bits per heavy atom. The number of likely N-dealkylation sites (N-methyl/N-ethyl adjacent to an activating group) is 1. The zero-order chi connectivity index (χ0) is 18.5. The largest absolute Gasteiger partial charge is 0.494 e. The number of aromatic nitrogens is 1. The number of nitrogens with zero attached hydrogens (tertiary/aromatic N) is 3. The lowest BCUT2D eigenvalue weighted by Gasteiger charge is -2.22. The molecule has 0 N–H and O–H groups in total. The number of halogens is 1. The van der Waals surface area contributed by atoms with Crippen molar-refractivity contribution in [3.63, 3.8) is 0 Å². The minimum atomic E-state index is -0.0473. The van der Waals surface area contributed by atoms with Crippen LogP contribution >= 0.6 is 23.7 Å². The highest BCUT2D eigenvalue weighted by Gasteiger charge is 2.21. The first-order valence-corrected chi connectivity index (χ1v) is 9.45. The van der Waals surface area contributed by atoms with Crippen LogP contribution in [-0.4, -0.2) is 49.6 Å². The molecule has 0 unspecified atom stereocenters. The quantitative estimate of drug-likeness (QED) is 0.587. The summed E-state index contributed by atoms with van der Waals surface area (Å²) in [4.78, 5) is 21.6. The topological polar surface area (TPSA) is 45.7 Å². The number of ether oxygens (including phenoxy) is 1. The lowest BCUT2D eigenvalue weighted by Crippen LogP contribution is -2.36. The Kier molecular flexibility index (Phi) is 7.59. The molecule has 1 heterocycles. The average molecular weight is 406 g/mol. The van der Waals surface area contributed by atoms with Gasteiger partial charge in [0.25, 0.3) is 5.91 Å². The Labute approximate surface area is 170 Å². The number of thiazole rings is 1. The van der Waals surface area contributed by atoms with Crippen LogP contribution in [0.1, 0.15) is 17.3 Å². The molecule has 0 aliphatic rings. The summed E-state index contributed by atoms with van der Waals surface area (Å²) < 4.78 is 6.54. The second-order valence-corrected chi connectivity index (χ2v) is 7.19. The van der Waals surface area contributed by atoms with Gasteiger partial charge in [0.15, 0.2) is 5.13 Å². The monoisotopic (exact) mass is 405 g/mol. The standard InChI is InChI=1S/C20H23N3O2S.ClH/c1-4-25-16-11-9-15(10-12-16)19(24)23(14-13-22(2)3)20-21-17-7-5-6-8-18(17)26-20;/h5-12H,4,13-14H2,1-3H3;1H. The van der Waals surface area contributed by atoms with Gasteiger partial charge in [0.1, 0.15) is 5.75 Å². The van der Waals surface area contributed by atoms with E-state index in [9.17, 15) is 4.79 Å². The molecule has 0 radical (unpaired) electrons. The fourth-order valence-electron chi connectivity index (χ4n) is 2.58. The number of amides is 1. The number of hydrogen-bond acceptors (Lipinski definition) is 5. The Balaban J connectivity index is 0.00000261. The van der Waals surface area contributed by atoms with Gasteiger partial charge >= 0.3 is 0 Å². The predicted octanol–water partition coefficient (Wildman–Crippen LogP) is 4.33. The number of anilines is 1. The van der Waals surface area contributed by atoms with Gasteiger partial charge in [0.2, 0.25) is 0 Å². The second-order valence-electron chi connectivity index (χ2n) is 6.18. The van der Waals surface area contributed by atoms with E-state index >= 15 is 0 Å². The van der Waals surface area contributed by atoms with Crippen LogP contribution in [0.4, 0.5) is 5.13 Å². The van der Waals surface area contributed by atoms with E-state index in [0.29, 0.717) is 18.7 Å². The number of rotatable bonds is 7. The lowest BCUT2D eigenvalue weighted by molar-refractivity contribution is 0.0985. The highest BCUT2D eigenvalue weighted by atomic mass is 35.5. The first-order chi connectivity index (χ1) is 12.6. The third-order valence-electron chi connectivity index (χ3n) is 3.94. The first-order valence-electron chi connectivity index (χ1n) is 8.63. The molecule has 0 aliphatic heterocycles. The van der Waals surface area contributed by atoms with E-state index in [-0.39, 0.29) is 18.3 Å². The van der Waals surface area contributed by atoms with E-state index in [0.717, 1.165) is 27.6 Å². The maximum absolute atomic E-state index is 13.1. The van der Waals surface area contributed by atoms with Gasteiger partial charge in [-0.2, -0.15) is 0 Å². The van der Waals surface area contributed by atoms with Crippen molar-refractivity contribution in [2.24, 2.45) is 0 Å². The molecule has 0 fully saturated rings. The minimum absolute atomic E-state index is 0. The van der Waals surface area contributed by atoms with Crippen molar-refractivity contribution in [3.05, 3.63) is 54.1 Å². The Hall–Kier alpha value is -2.15. The molecule has 0 spiro atoms. The third kappa shape index (κ3) is 5.19. The zero-order valence-electron chi connectivity index (χ0n) is 15.7. The number of hydrogen-bond donors (Lipinski definition) is 0. The van der Waals surface area contributed by atoms with Gasteiger partial charge in [-0.25, -0.2) is 4.98 Å². The van der Waals surface area contributed by atoms with Crippen LogP contribution in [-0.2, 0) is 0 Å². The molecule has 1 aromatic heterocycles. The van der Waals surface area contributed by atoms with Crippen LogP contribution in [0.15, 0.2) is 48.5 Å². The number of para-hydroxylation sites is 1. The van der Waals surface area contributed by atoms with Crippen molar-refractivity contribution in [1.82, 2.24) is 9.88 Å². The van der Waals surface area contributed by atoms with Crippen LogP contribution in [0.3, 0.4) is 0 Å². The Bertz CT molecular complexity index is 847. The maximum atomic E-state index is 13.1. The van der Waals surface area contributed by atoms with Crippen molar-refractivity contribution in [1.29, 1.82) is 0 Å². The number of fused-ring (bicyclic) bond motifs is 1. The summed E-state index contributed by atoms with van der Waals surface area (Å²) in [6, 6.07) is 15.2. The summed E-state index contributed by atoms with van der Waals surface area (Å²) in [5.41, 5.74) is 1.55. The van der Waals surface area contributed by atoms with Crippen molar-refractivity contribution in [2.45, 2.75) is 6.92 Å². The van der Waals surface area contributed by atoms with E-state index in [2.05, 4.69) is 9.88 Å². The van der Waals surface area contributed by atoms with Crippen molar-refractivity contribution in [3.8, 4) is 5.75 Å². The fourth-order valence-corrected chi connectivity index (χ4v) is 3.57. The van der Waals surface area contributed by atoms with Crippen LogP contribution in [0, 0.1) is 0 Å². The summed E-state index contributed by atoms with van der Waals surface area (Å²) >= 11 is 1.54. The molecule has 0 saturated carbocycles. The highest BCUT2D eigenvalue weighted by molar-refractivity contribution is 7.22. The zero-order valence-corrected chi connectivity index (χ0v) is 17.3. The molecule has 0 bridgehead atoms. The summed E-state index contributed by atoms with van der Waals surface area (Å²) in [6.07, 6.45) is 0. The van der Waals surface area contributed by atoms with Gasteiger partial charge in [0.05, 0.1) is 16.8 Å². The predicted molar refractivity (Wildman–Crippen MR) is 115 cm³/mol. The molecule has 3 aromatic rings. The van der Waals surface area contributed by atoms with E-state index < -0.39 is 0 Å². The van der Waals surface area contributed by atoms with Gasteiger partial charge < -0.3 is 9.64 Å². The number of benzene rings is 2. The van der Waals surface area contributed by atoms with Gasteiger partial charge in [-0.05, 0) is 57.4 Å². The maximum Gasteiger partial charge on any atom is 0.260 e. The van der Waals surface area contributed by atoms with Crippen molar-refractivity contribution < 1.29 is 9.53 Å². The van der Waals surface area contributed by atoms with Crippen molar-refractivity contribution in [2.75, 3.05) is 38.7 Å². The smallest absolute Gasteiger partial charge is 0.260 e. The number of carbonyl (C=O) groups excluding carboxylic acids is 1. The van der Waals surface area contributed by atoms with E-state index in [1.54, 1.807) is 16.2 Å². The van der Waals surface area contributed by atoms with E-state index in [1.165, 1.54) is 0 Å². The molecule has 2 aromatic carbocycles. The third-order valence-corrected chi connectivity index (χ3v) is 5.00. The average Bonchev–Trinajstić information content (AvgIpc) is 3.06. The number of carbonyl (C=O) groups is 1. The highest BCUT2D eigenvalue weighted by Crippen LogP contribution is 2.29. The van der Waals surface area contributed by atoms with Gasteiger partial charge in [0, 0.05) is 18.7 Å². The van der Waals surface area contributed by atoms with Crippen LogP contribution in [0.2, 0.25) is 0 Å². The molecule has 7 heteroatoms. The van der Waals surface area contributed by atoms with Crippen molar-refractivity contribution >= 4 is 45.0 Å². The summed E-state index contributed by atoms with van der Waals surface area (Å²) in [7, 11) is 4.00. The normalized spacial score (nSPS) is 10.7. The molecule has 0 atom stereocenters. The lowest BCUT2D eigenvalue weighted by atomic mass is 10.2. The van der Waals surface area contributed by atoms with Gasteiger partial charge in [-0.15, -0.1) is 12.4 Å². The molecule has 0 saturated heterocycles. The van der Waals surface area contributed by atoms with Crippen LogP contribution in [0.5, 0.6) is 5.75 Å². The van der Waals surface area contributed by atoms with E-state index in [1.807, 2.05) is 69.6 Å². The van der Waals surface area contributed by atoms with E-state index in [4.69, 9.17) is 4.74 Å². The fraction of sp³-hybridized carbons (Fsp3) is 0.300. The summed E-state index contributed by atoms with van der Waals surface area (Å²) in [5, 5.41) is 0.729. The molecule has 5 nitrogen and oxygen atoms in total. The molecular weight excluding hydrogens is 382 g/mol. The van der Waals surface area contributed by atoms with Crippen LogP contribution < -0.4 is 9.64 Å². The second kappa shape index (κ2) is 9.69. The molecule has 27 heavy (non-hydrogen) atoms. The molecular formula is C20H24ClN3O2S. The van der Waals surface area contributed by atoms with Gasteiger partial charge in [-0.3, -0.25) is 9.69 Å². The summed E-state index contributed by atoms with van der Waals surface area (Å²) in [6.45, 7) is 3.89. The summed E-state index contributed by atoms with van der Waals surface area (Å²) in [5.74, 6) is 0.720. The molecule has 1 amide bonds. The minimum Gasteiger partial charge on any atom is -0.494 e. The SMILES string of the molecule is CCOc1ccc(C(=O)N(CCN(C)C)c2nc3ccccc3s2)cc1.Cl. The molecule has 3 rings (SSSR count). The molecule has 144 valence electrons.